The van der Waals surface area contributed by atoms with E-state index in [0.717, 1.165) is 36.4 Å². The van der Waals surface area contributed by atoms with Crippen LogP contribution in [0, 0.1) is 31.1 Å². The molecule has 2 aliphatic rings. The Morgan fingerprint density at radius 2 is 1.77 bits per heavy atom. The van der Waals surface area contributed by atoms with Gasteiger partial charge >= 0.3 is 0 Å². The van der Waals surface area contributed by atoms with Gasteiger partial charge in [0.2, 0.25) is 18.2 Å². The minimum Gasteiger partial charge on any atom is -0.344 e. The molecule has 218 valence electrons. The van der Waals surface area contributed by atoms with E-state index in [9.17, 15) is 24.4 Å². The van der Waals surface area contributed by atoms with Gasteiger partial charge in [-0.25, -0.2) is 10.0 Å². The van der Waals surface area contributed by atoms with Crippen molar-refractivity contribution in [3.8, 4) is 0 Å². The third-order valence-electron chi connectivity index (χ3n) is 8.14. The zero-order valence-corrected chi connectivity index (χ0v) is 25.1. The molecule has 1 saturated carbocycles. The van der Waals surface area contributed by atoms with Crippen LogP contribution in [-0.4, -0.2) is 88.0 Å². The highest BCUT2D eigenvalue weighted by atomic mass is 32.1. The summed E-state index contributed by atoms with van der Waals surface area (Å²) in [5.74, 6) is -0.727. The number of hydrogen-bond acceptors (Lipinski definition) is 7. The molecule has 1 aromatic rings. The lowest BCUT2D eigenvalue weighted by Crippen LogP contribution is -2.58. The van der Waals surface area contributed by atoms with Crippen LogP contribution in [0.4, 0.5) is 0 Å². The van der Waals surface area contributed by atoms with Gasteiger partial charge in [-0.05, 0) is 44.4 Å². The Hall–Kier alpha value is -2.53. The van der Waals surface area contributed by atoms with Gasteiger partial charge in [-0.1, -0.05) is 46.5 Å². The Bertz CT molecular complexity index is 1020. The highest BCUT2D eigenvalue weighted by Gasteiger charge is 2.39. The van der Waals surface area contributed by atoms with E-state index in [1.807, 2.05) is 39.5 Å². The normalized spacial score (nSPS) is 18.5. The number of rotatable bonds is 10. The lowest BCUT2D eigenvalue weighted by Gasteiger charge is -2.40. The van der Waals surface area contributed by atoms with Gasteiger partial charge in [-0.3, -0.25) is 24.4 Å². The van der Waals surface area contributed by atoms with Crippen LogP contribution in [0.5, 0.6) is 0 Å². The molecular weight excluding hydrogens is 518 g/mol. The number of carbonyl (C=O) groups is 4. The number of nitrogens with one attached hydrogen (secondary N) is 1. The average Bonchev–Trinajstić information content (AvgIpc) is 3.53. The van der Waals surface area contributed by atoms with Crippen molar-refractivity contribution in [1.82, 2.24) is 25.2 Å². The smallest absolute Gasteiger partial charge is 0.265 e. The number of hydroxylamine groups is 2. The Balaban J connectivity index is 1.65. The topological polar surface area (TPSA) is 123 Å². The quantitative estimate of drug-likeness (QED) is 0.256. The fourth-order valence-electron chi connectivity index (χ4n) is 5.80. The minimum absolute atomic E-state index is 0.00748. The molecule has 2 heterocycles. The first-order chi connectivity index (χ1) is 18.3. The summed E-state index contributed by atoms with van der Waals surface area (Å²) in [6.07, 6.45) is 6.49. The molecule has 0 unspecified atom stereocenters. The number of amides is 4. The molecule has 1 saturated heterocycles. The molecule has 39 heavy (non-hydrogen) atoms. The van der Waals surface area contributed by atoms with E-state index in [1.54, 1.807) is 11.9 Å². The zero-order valence-electron chi connectivity index (χ0n) is 24.2. The fraction of sp³-hybridized carbons (Fsp3) is 0.750. The summed E-state index contributed by atoms with van der Waals surface area (Å²) in [5.41, 5.74) is 0.199. The highest BCUT2D eigenvalue weighted by Crippen LogP contribution is 2.31. The van der Waals surface area contributed by atoms with Gasteiger partial charge in [0.25, 0.3) is 5.91 Å². The van der Waals surface area contributed by atoms with Crippen molar-refractivity contribution in [1.29, 1.82) is 0 Å². The van der Waals surface area contributed by atoms with Crippen LogP contribution in [-0.2, 0) is 14.4 Å². The highest BCUT2D eigenvalue weighted by molar-refractivity contribution is 7.13. The van der Waals surface area contributed by atoms with E-state index in [0.29, 0.717) is 54.6 Å². The number of likely N-dealkylation sites (tertiary alicyclic amines) is 1. The number of likely N-dealkylation sites (N-methyl/N-ethyl adjacent to an activating group) is 1. The molecule has 2 N–H and O–H groups in total. The summed E-state index contributed by atoms with van der Waals surface area (Å²) in [5, 5.41) is 14.2. The van der Waals surface area contributed by atoms with Crippen LogP contribution in [0.15, 0.2) is 0 Å². The molecule has 11 heteroatoms. The number of nitrogens with zero attached hydrogens (tertiary/aromatic N) is 4. The van der Waals surface area contributed by atoms with E-state index < -0.39 is 17.4 Å². The predicted molar refractivity (Wildman–Crippen MR) is 149 cm³/mol. The minimum atomic E-state index is -0.771. The Morgan fingerprint density at radius 3 is 2.28 bits per heavy atom. The van der Waals surface area contributed by atoms with Crippen LogP contribution in [0.25, 0.3) is 0 Å². The molecule has 1 aliphatic carbocycles. The second-order valence-electron chi connectivity index (χ2n) is 12.2. The Kier molecular flexibility index (Phi) is 10.5. The number of aryl methyl sites for hydroxylation is 2. The summed E-state index contributed by atoms with van der Waals surface area (Å²) in [6.45, 7) is 10.5. The van der Waals surface area contributed by atoms with Gasteiger partial charge in [0.05, 0.1) is 23.2 Å². The number of carbonyl (C=O) groups excluding carboxylic acids is 4. The van der Waals surface area contributed by atoms with Crippen LogP contribution >= 0.6 is 11.3 Å². The van der Waals surface area contributed by atoms with Gasteiger partial charge in [0, 0.05) is 26.2 Å². The molecular formula is C28H45N5O5S. The molecule has 1 aliphatic heterocycles. The molecule has 0 radical (unpaired) electrons. The standard InChI is InChI=1S/C28H45N5O5S/c1-18-23(39-19(2)29-18)26(36)32-13-11-22(12-14-32)31(6)27(37)24(28(3,4)5)30-25(35)21(16-33(38)17-34)15-20-9-7-8-10-20/h17,20-22,24,38H,7-16H2,1-6H3,(H,30,35)/t21-,24-/m1/s1. The van der Waals surface area contributed by atoms with Gasteiger partial charge in [0.15, 0.2) is 0 Å². The predicted octanol–water partition coefficient (Wildman–Crippen LogP) is 3.40. The van der Waals surface area contributed by atoms with Crippen LogP contribution < -0.4 is 5.32 Å². The molecule has 0 spiro atoms. The number of thiazole rings is 1. The maximum Gasteiger partial charge on any atom is 0.265 e. The van der Waals surface area contributed by atoms with Crippen molar-refractivity contribution in [2.45, 2.75) is 91.6 Å². The molecule has 4 amide bonds. The van der Waals surface area contributed by atoms with Gasteiger partial charge in [-0.2, -0.15) is 0 Å². The van der Waals surface area contributed by atoms with E-state index in [1.165, 1.54) is 11.3 Å². The first-order valence-electron chi connectivity index (χ1n) is 14.0. The van der Waals surface area contributed by atoms with Crippen molar-refractivity contribution in [2.24, 2.45) is 17.3 Å². The lowest BCUT2D eigenvalue weighted by atomic mass is 9.84. The number of aromatic nitrogens is 1. The second-order valence-corrected chi connectivity index (χ2v) is 13.4. The maximum atomic E-state index is 13.8. The average molecular weight is 564 g/mol. The van der Waals surface area contributed by atoms with Gasteiger partial charge < -0.3 is 15.1 Å². The second kappa shape index (κ2) is 13.2. The molecule has 1 aromatic heterocycles. The summed E-state index contributed by atoms with van der Waals surface area (Å²) in [7, 11) is 1.77. The van der Waals surface area contributed by atoms with Crippen molar-refractivity contribution >= 4 is 35.5 Å². The summed E-state index contributed by atoms with van der Waals surface area (Å²) in [6, 6.07) is -0.822. The van der Waals surface area contributed by atoms with E-state index in [2.05, 4.69) is 10.3 Å². The third kappa shape index (κ3) is 8.00. The van der Waals surface area contributed by atoms with Crippen molar-refractivity contribution in [3.05, 3.63) is 15.6 Å². The largest absolute Gasteiger partial charge is 0.344 e. The SMILES string of the molecule is Cc1nc(C)c(C(=O)N2CCC(N(C)C(=O)[C@@H](NC(=O)[C@H](CC3CCCC3)CN(O)C=O)C(C)(C)C)CC2)s1. The summed E-state index contributed by atoms with van der Waals surface area (Å²) in [4.78, 5) is 59.9. The Morgan fingerprint density at radius 1 is 1.15 bits per heavy atom. The molecule has 3 rings (SSSR count). The Labute approximate surface area is 236 Å². The summed E-state index contributed by atoms with van der Waals surface area (Å²) < 4.78 is 0. The monoisotopic (exact) mass is 563 g/mol. The third-order valence-corrected chi connectivity index (χ3v) is 9.20. The van der Waals surface area contributed by atoms with E-state index >= 15 is 0 Å². The molecule has 0 bridgehead atoms. The van der Waals surface area contributed by atoms with E-state index in [4.69, 9.17) is 0 Å². The molecule has 10 nitrogen and oxygen atoms in total. The van der Waals surface area contributed by atoms with Gasteiger partial charge in [-0.15, -0.1) is 11.3 Å². The maximum absolute atomic E-state index is 13.8. The van der Waals surface area contributed by atoms with Crippen LogP contribution in [0.2, 0.25) is 0 Å². The van der Waals surface area contributed by atoms with Gasteiger partial charge in [0.1, 0.15) is 10.9 Å². The molecule has 2 atom stereocenters. The number of hydrogen-bond donors (Lipinski definition) is 2. The number of piperidine rings is 1. The summed E-state index contributed by atoms with van der Waals surface area (Å²) >= 11 is 1.41. The first-order valence-corrected chi connectivity index (χ1v) is 14.8. The van der Waals surface area contributed by atoms with Crippen LogP contribution in [0.3, 0.4) is 0 Å². The molecule has 0 aromatic carbocycles. The van der Waals surface area contributed by atoms with Crippen molar-refractivity contribution in [2.75, 3.05) is 26.7 Å². The van der Waals surface area contributed by atoms with Crippen molar-refractivity contribution < 1.29 is 24.4 Å². The zero-order chi connectivity index (χ0) is 28.9. The van der Waals surface area contributed by atoms with E-state index in [-0.39, 0.29) is 30.3 Å². The van der Waals surface area contributed by atoms with Crippen molar-refractivity contribution in [3.63, 3.8) is 0 Å². The first kappa shape index (κ1) is 31.0. The fourth-order valence-corrected chi connectivity index (χ4v) is 6.69. The lowest BCUT2D eigenvalue weighted by molar-refractivity contribution is -0.156. The molecule has 2 fully saturated rings. The van der Waals surface area contributed by atoms with Crippen LogP contribution in [0.1, 0.15) is 86.1 Å².